The van der Waals surface area contributed by atoms with Crippen LogP contribution in [0.4, 0.5) is 5.69 Å². The van der Waals surface area contributed by atoms with Crippen LogP contribution in [-0.4, -0.2) is 30.3 Å². The van der Waals surface area contributed by atoms with Crippen LogP contribution in [0.2, 0.25) is 0 Å². The summed E-state index contributed by atoms with van der Waals surface area (Å²) in [4.78, 5) is 17.1. The van der Waals surface area contributed by atoms with Gasteiger partial charge in [-0.1, -0.05) is 37.2 Å². The molecule has 1 N–H and O–H groups in total. The molecule has 7 heteroatoms. The topological polar surface area (TPSA) is 86.5 Å². The fourth-order valence-corrected chi connectivity index (χ4v) is 2.73. The lowest BCUT2D eigenvalue weighted by atomic mass is 10.1. The number of nitrogens with one attached hydrogen (secondary N) is 1. The molecule has 0 saturated heterocycles. The zero-order valence-corrected chi connectivity index (χ0v) is 16.4. The Hall–Kier alpha value is -3.35. The standard InChI is InChI=1S/C21H23N3O4/c1-13(2)21-23-18(24-28-21)12-14-8-10-15(11-9-14)22-20(25)19-16(26-3)6-5-7-17(19)27-4/h5-11,13H,12H2,1-4H3,(H,22,25). The summed E-state index contributed by atoms with van der Waals surface area (Å²) in [7, 11) is 3.03. The Morgan fingerprint density at radius 1 is 1.07 bits per heavy atom. The van der Waals surface area contributed by atoms with Crippen LogP contribution in [0.3, 0.4) is 0 Å². The van der Waals surface area contributed by atoms with Crippen molar-refractivity contribution < 1.29 is 18.8 Å². The molecule has 3 rings (SSSR count). The van der Waals surface area contributed by atoms with Crippen molar-refractivity contribution in [2.75, 3.05) is 19.5 Å². The van der Waals surface area contributed by atoms with Crippen LogP contribution in [0, 0.1) is 0 Å². The van der Waals surface area contributed by atoms with Crippen LogP contribution in [-0.2, 0) is 6.42 Å². The van der Waals surface area contributed by atoms with Crippen LogP contribution in [0.5, 0.6) is 11.5 Å². The number of aromatic nitrogens is 2. The second kappa shape index (κ2) is 8.56. The zero-order valence-electron chi connectivity index (χ0n) is 16.4. The Morgan fingerprint density at radius 2 is 1.71 bits per heavy atom. The van der Waals surface area contributed by atoms with Gasteiger partial charge in [0.1, 0.15) is 17.1 Å². The van der Waals surface area contributed by atoms with Gasteiger partial charge in [0.25, 0.3) is 5.91 Å². The van der Waals surface area contributed by atoms with Gasteiger partial charge in [-0.25, -0.2) is 0 Å². The molecule has 146 valence electrons. The number of carbonyl (C=O) groups is 1. The maximum atomic E-state index is 12.7. The Bertz CT molecular complexity index is 926. The van der Waals surface area contributed by atoms with Crippen LogP contribution in [0.1, 0.15) is 47.4 Å². The van der Waals surface area contributed by atoms with Gasteiger partial charge in [0.2, 0.25) is 5.89 Å². The number of hydrogen-bond acceptors (Lipinski definition) is 6. The van der Waals surface area contributed by atoms with Gasteiger partial charge in [0.15, 0.2) is 5.82 Å². The molecule has 3 aromatic rings. The van der Waals surface area contributed by atoms with Crippen molar-refractivity contribution in [1.82, 2.24) is 10.1 Å². The molecule has 0 fully saturated rings. The van der Waals surface area contributed by atoms with Crippen molar-refractivity contribution in [2.45, 2.75) is 26.2 Å². The van der Waals surface area contributed by atoms with Crippen molar-refractivity contribution in [2.24, 2.45) is 0 Å². The molecule has 0 aliphatic heterocycles. The summed E-state index contributed by atoms with van der Waals surface area (Å²) in [5, 5.41) is 6.87. The second-order valence-electron chi connectivity index (χ2n) is 6.57. The Balaban J connectivity index is 1.71. The van der Waals surface area contributed by atoms with Crippen molar-refractivity contribution in [1.29, 1.82) is 0 Å². The highest BCUT2D eigenvalue weighted by Crippen LogP contribution is 2.29. The van der Waals surface area contributed by atoms with Gasteiger partial charge in [0.05, 0.1) is 14.2 Å². The molecule has 1 amide bonds. The van der Waals surface area contributed by atoms with Gasteiger partial charge >= 0.3 is 0 Å². The molecule has 1 heterocycles. The molecule has 0 saturated carbocycles. The fourth-order valence-electron chi connectivity index (χ4n) is 2.73. The van der Waals surface area contributed by atoms with E-state index in [9.17, 15) is 4.79 Å². The lowest BCUT2D eigenvalue weighted by Gasteiger charge is -2.13. The first-order valence-corrected chi connectivity index (χ1v) is 8.95. The van der Waals surface area contributed by atoms with E-state index in [1.807, 2.05) is 38.1 Å². The maximum Gasteiger partial charge on any atom is 0.263 e. The first kappa shape index (κ1) is 19.4. The highest BCUT2D eigenvalue weighted by molar-refractivity contribution is 6.08. The summed E-state index contributed by atoms with van der Waals surface area (Å²) < 4.78 is 15.8. The molecule has 2 aromatic carbocycles. The van der Waals surface area contributed by atoms with Crippen molar-refractivity contribution in [3.63, 3.8) is 0 Å². The Kier molecular flexibility index (Phi) is 5.93. The number of benzene rings is 2. The quantitative estimate of drug-likeness (QED) is 0.664. The summed E-state index contributed by atoms with van der Waals surface area (Å²) in [6.07, 6.45) is 0.560. The number of nitrogens with zero attached hydrogens (tertiary/aromatic N) is 2. The number of rotatable bonds is 7. The normalized spacial score (nSPS) is 10.8. The molecule has 1 aromatic heterocycles. The molecule has 0 bridgehead atoms. The van der Waals surface area contributed by atoms with Crippen LogP contribution in [0.25, 0.3) is 0 Å². The van der Waals surface area contributed by atoms with E-state index in [4.69, 9.17) is 14.0 Å². The molecular weight excluding hydrogens is 358 g/mol. The van der Waals surface area contributed by atoms with Crippen molar-refractivity contribution in [3.05, 3.63) is 65.3 Å². The third-order valence-corrected chi connectivity index (χ3v) is 4.21. The first-order chi connectivity index (χ1) is 13.5. The maximum absolute atomic E-state index is 12.7. The molecule has 0 aliphatic carbocycles. The predicted molar refractivity (Wildman–Crippen MR) is 105 cm³/mol. The highest BCUT2D eigenvalue weighted by atomic mass is 16.5. The van der Waals surface area contributed by atoms with E-state index in [2.05, 4.69) is 15.5 Å². The summed E-state index contributed by atoms with van der Waals surface area (Å²) >= 11 is 0. The fraction of sp³-hybridized carbons (Fsp3) is 0.286. The van der Waals surface area contributed by atoms with E-state index in [0.29, 0.717) is 40.9 Å². The summed E-state index contributed by atoms with van der Waals surface area (Å²) in [5.41, 5.74) is 2.03. The average Bonchev–Trinajstić information content (AvgIpc) is 3.17. The third kappa shape index (κ3) is 4.31. The number of anilines is 1. The number of carbonyl (C=O) groups excluding carboxylic acids is 1. The summed E-state index contributed by atoms with van der Waals surface area (Å²) in [6.45, 7) is 4.01. The minimum absolute atomic E-state index is 0.200. The molecule has 0 unspecified atom stereocenters. The zero-order chi connectivity index (χ0) is 20.1. The predicted octanol–water partition coefficient (Wildman–Crippen LogP) is 4.05. The minimum atomic E-state index is -0.304. The van der Waals surface area contributed by atoms with E-state index in [0.717, 1.165) is 5.56 Å². The monoisotopic (exact) mass is 381 g/mol. The number of hydrogen-bond donors (Lipinski definition) is 1. The SMILES string of the molecule is COc1cccc(OC)c1C(=O)Nc1ccc(Cc2noc(C(C)C)n2)cc1. The highest BCUT2D eigenvalue weighted by Gasteiger charge is 2.18. The molecule has 0 aliphatic rings. The second-order valence-corrected chi connectivity index (χ2v) is 6.57. The third-order valence-electron chi connectivity index (χ3n) is 4.21. The number of ether oxygens (including phenoxy) is 2. The van der Waals surface area contributed by atoms with Gasteiger partial charge in [-0.3, -0.25) is 4.79 Å². The van der Waals surface area contributed by atoms with Gasteiger partial charge in [-0.15, -0.1) is 0 Å². The van der Waals surface area contributed by atoms with Gasteiger partial charge in [0, 0.05) is 18.0 Å². The molecule has 0 spiro atoms. The smallest absolute Gasteiger partial charge is 0.263 e. The van der Waals surface area contributed by atoms with E-state index in [1.165, 1.54) is 14.2 Å². The largest absolute Gasteiger partial charge is 0.496 e. The van der Waals surface area contributed by atoms with Crippen LogP contribution < -0.4 is 14.8 Å². The van der Waals surface area contributed by atoms with Crippen LogP contribution in [0.15, 0.2) is 47.0 Å². The summed E-state index contributed by atoms with van der Waals surface area (Å²) in [5.74, 6) is 2.06. The van der Waals surface area contributed by atoms with E-state index in [-0.39, 0.29) is 11.8 Å². The molecule has 7 nitrogen and oxygen atoms in total. The van der Waals surface area contributed by atoms with E-state index >= 15 is 0 Å². The lowest BCUT2D eigenvalue weighted by molar-refractivity contribution is 0.102. The van der Waals surface area contributed by atoms with E-state index in [1.54, 1.807) is 18.2 Å². The minimum Gasteiger partial charge on any atom is -0.496 e. The van der Waals surface area contributed by atoms with Crippen LogP contribution >= 0.6 is 0 Å². The lowest BCUT2D eigenvalue weighted by Crippen LogP contribution is -2.14. The molecule has 28 heavy (non-hydrogen) atoms. The number of methoxy groups -OCH3 is 2. The molecule has 0 atom stereocenters. The van der Waals surface area contributed by atoms with E-state index < -0.39 is 0 Å². The first-order valence-electron chi connectivity index (χ1n) is 8.95. The molecular formula is C21H23N3O4. The van der Waals surface area contributed by atoms with Gasteiger partial charge in [-0.2, -0.15) is 4.98 Å². The average molecular weight is 381 g/mol. The van der Waals surface area contributed by atoms with Gasteiger partial charge < -0.3 is 19.3 Å². The van der Waals surface area contributed by atoms with Gasteiger partial charge in [-0.05, 0) is 29.8 Å². The molecule has 0 radical (unpaired) electrons. The van der Waals surface area contributed by atoms with Crippen molar-refractivity contribution in [3.8, 4) is 11.5 Å². The Labute approximate surface area is 163 Å². The number of amides is 1. The Morgan fingerprint density at radius 3 is 2.25 bits per heavy atom. The van der Waals surface area contributed by atoms with Crippen molar-refractivity contribution >= 4 is 11.6 Å². The summed E-state index contributed by atoms with van der Waals surface area (Å²) in [6, 6.07) is 12.7.